The lowest BCUT2D eigenvalue weighted by Crippen LogP contribution is -2.63. The van der Waals surface area contributed by atoms with Crippen molar-refractivity contribution in [1.82, 2.24) is 24.5 Å². The standard InChI is InChI=1S/C32H30F4N8O4/c1-47-26-21(33)10-18(11-22(26)34)23-12-19(24(13-38-23)43-9-5-8-32(37,15-43)27(45)28(35)36)14-44-17-41-25-29(39-16-40-30(25)44)42-31(46)48-20-6-3-2-4-7-20/h2-4,6-7,10-13,16-17,27-28,45H,5,8-9,14-15,37H2,1H3,(H,39,40,42,46)/t27-,32+/m0/s1. The van der Waals surface area contributed by atoms with Crippen LogP contribution in [-0.2, 0) is 6.54 Å². The number of anilines is 2. The van der Waals surface area contributed by atoms with Crippen LogP contribution in [-0.4, -0.2) is 74.0 Å². The first-order valence-corrected chi connectivity index (χ1v) is 14.8. The number of benzene rings is 2. The number of imidazole rings is 1. The van der Waals surface area contributed by atoms with E-state index in [1.807, 2.05) is 0 Å². The maximum Gasteiger partial charge on any atom is 0.418 e. The van der Waals surface area contributed by atoms with Gasteiger partial charge >= 0.3 is 6.09 Å². The Kier molecular flexibility index (Phi) is 9.10. The van der Waals surface area contributed by atoms with Crippen molar-refractivity contribution in [2.24, 2.45) is 5.73 Å². The molecule has 1 saturated heterocycles. The van der Waals surface area contributed by atoms with E-state index in [9.17, 15) is 27.5 Å². The molecular weight excluding hydrogens is 636 g/mol. The number of aliphatic hydroxyl groups is 1. The summed E-state index contributed by atoms with van der Waals surface area (Å²) in [5, 5.41) is 12.8. The maximum atomic E-state index is 14.7. The number of methoxy groups -OCH3 is 1. The Labute approximate surface area is 271 Å². The van der Waals surface area contributed by atoms with E-state index in [1.165, 1.54) is 18.9 Å². The van der Waals surface area contributed by atoms with Crippen LogP contribution in [0, 0.1) is 11.6 Å². The number of piperidine rings is 1. The van der Waals surface area contributed by atoms with E-state index in [2.05, 4.69) is 25.3 Å². The SMILES string of the molecule is COc1c(F)cc(-c2cc(Cn3cnc4c(NC(=O)Oc5ccccc5)ncnc43)c(N3CCC[C@](N)([C@@H](O)C(F)F)C3)cn2)cc1F. The third-order valence-corrected chi connectivity index (χ3v) is 8.10. The molecule has 1 fully saturated rings. The van der Waals surface area contributed by atoms with E-state index in [-0.39, 0.29) is 42.1 Å². The topological polar surface area (TPSA) is 154 Å². The fourth-order valence-electron chi connectivity index (χ4n) is 5.76. The second kappa shape index (κ2) is 13.4. The minimum Gasteiger partial charge on any atom is -0.491 e. The third kappa shape index (κ3) is 6.57. The average molecular weight is 667 g/mol. The summed E-state index contributed by atoms with van der Waals surface area (Å²) in [5.74, 6) is -1.98. The highest BCUT2D eigenvalue weighted by Crippen LogP contribution is 2.34. The van der Waals surface area contributed by atoms with Gasteiger partial charge in [0.05, 0.1) is 43.1 Å². The molecule has 2 atom stereocenters. The van der Waals surface area contributed by atoms with Gasteiger partial charge in [-0.25, -0.2) is 37.3 Å². The summed E-state index contributed by atoms with van der Waals surface area (Å²) >= 11 is 0. The monoisotopic (exact) mass is 666 g/mol. The van der Waals surface area contributed by atoms with Gasteiger partial charge in [-0.05, 0) is 48.7 Å². The second-order valence-corrected chi connectivity index (χ2v) is 11.3. The van der Waals surface area contributed by atoms with Crippen LogP contribution < -0.4 is 25.4 Å². The molecule has 16 heteroatoms. The first kappa shape index (κ1) is 32.6. The molecule has 0 spiro atoms. The van der Waals surface area contributed by atoms with Gasteiger partial charge in [0, 0.05) is 18.7 Å². The minimum atomic E-state index is -3.04. The minimum absolute atomic E-state index is 0.0683. The number of rotatable bonds is 9. The molecule has 0 unspecified atom stereocenters. The first-order chi connectivity index (χ1) is 23.1. The Morgan fingerprint density at radius 1 is 1.10 bits per heavy atom. The summed E-state index contributed by atoms with van der Waals surface area (Å²) in [4.78, 5) is 31.6. The average Bonchev–Trinajstić information content (AvgIpc) is 3.48. The van der Waals surface area contributed by atoms with Crippen LogP contribution in [0.3, 0.4) is 0 Å². The van der Waals surface area contributed by atoms with Crippen molar-refractivity contribution in [3.63, 3.8) is 0 Å². The van der Waals surface area contributed by atoms with Gasteiger partial charge < -0.3 is 29.8 Å². The molecule has 0 aliphatic carbocycles. The van der Waals surface area contributed by atoms with Gasteiger partial charge in [-0.15, -0.1) is 0 Å². The Hall–Kier alpha value is -5.35. The molecule has 4 N–H and O–H groups in total. The van der Waals surface area contributed by atoms with Gasteiger partial charge in [0.15, 0.2) is 34.4 Å². The number of pyridine rings is 1. The van der Waals surface area contributed by atoms with E-state index in [0.717, 1.165) is 19.2 Å². The maximum absolute atomic E-state index is 14.7. The number of alkyl halides is 2. The number of amides is 1. The Morgan fingerprint density at radius 3 is 2.56 bits per heavy atom. The molecule has 4 heterocycles. The van der Waals surface area contributed by atoms with Crippen molar-refractivity contribution in [2.45, 2.75) is 37.5 Å². The number of nitrogens with two attached hydrogens (primary N) is 1. The van der Waals surface area contributed by atoms with Crippen molar-refractivity contribution in [2.75, 3.05) is 30.4 Å². The molecule has 2 aromatic carbocycles. The number of carbonyl (C=O) groups excluding carboxylic acids is 1. The molecule has 12 nitrogen and oxygen atoms in total. The summed E-state index contributed by atoms with van der Waals surface area (Å²) in [6.07, 6.45) is -1.15. The molecule has 0 radical (unpaired) electrons. The van der Waals surface area contributed by atoms with Gasteiger partial charge in [0.25, 0.3) is 6.43 Å². The van der Waals surface area contributed by atoms with Crippen LogP contribution in [0.5, 0.6) is 11.5 Å². The number of aliphatic hydroxyl groups excluding tert-OH is 1. The molecule has 1 amide bonds. The number of nitrogens with zero attached hydrogens (tertiary/aromatic N) is 6. The molecule has 0 saturated carbocycles. The van der Waals surface area contributed by atoms with Crippen molar-refractivity contribution < 1.29 is 36.9 Å². The summed E-state index contributed by atoms with van der Waals surface area (Å²) in [5.41, 5.74) is 6.65. The summed E-state index contributed by atoms with van der Waals surface area (Å²) in [6.45, 7) is 0.376. The number of hydrogen-bond donors (Lipinski definition) is 3. The lowest BCUT2D eigenvalue weighted by atomic mass is 9.84. The Balaban J connectivity index is 1.36. The van der Waals surface area contributed by atoms with Crippen LogP contribution >= 0.6 is 0 Å². The van der Waals surface area contributed by atoms with Gasteiger partial charge in [0.1, 0.15) is 18.2 Å². The summed E-state index contributed by atoms with van der Waals surface area (Å²) in [7, 11) is 1.15. The predicted octanol–water partition coefficient (Wildman–Crippen LogP) is 4.76. The summed E-state index contributed by atoms with van der Waals surface area (Å²) < 4.78 is 68.2. The lowest BCUT2D eigenvalue weighted by molar-refractivity contribution is -0.0529. The normalized spacial score (nSPS) is 17.0. The molecular formula is C32H30F4N8O4. The fraction of sp³-hybridized carbons (Fsp3) is 0.281. The van der Waals surface area contributed by atoms with Crippen molar-refractivity contribution >= 4 is 28.8 Å². The number of carbonyl (C=O) groups is 1. The molecule has 0 bridgehead atoms. The first-order valence-electron chi connectivity index (χ1n) is 14.8. The molecule has 250 valence electrons. The highest BCUT2D eigenvalue weighted by Gasteiger charge is 2.43. The molecule has 5 aromatic rings. The molecule has 1 aliphatic heterocycles. The van der Waals surface area contributed by atoms with Gasteiger partial charge in [-0.1, -0.05) is 18.2 Å². The van der Waals surface area contributed by atoms with E-state index in [4.69, 9.17) is 15.2 Å². The number of halogens is 4. The molecule has 48 heavy (non-hydrogen) atoms. The van der Waals surface area contributed by atoms with Gasteiger partial charge in [-0.3, -0.25) is 10.3 Å². The largest absolute Gasteiger partial charge is 0.491 e. The van der Waals surface area contributed by atoms with Crippen LogP contribution in [0.15, 0.2) is 67.4 Å². The number of hydrogen-bond acceptors (Lipinski definition) is 10. The van der Waals surface area contributed by atoms with E-state index < -0.39 is 41.5 Å². The smallest absolute Gasteiger partial charge is 0.418 e. The number of aromatic nitrogens is 5. The molecule has 3 aromatic heterocycles. The molecule has 1 aliphatic rings. The Bertz CT molecular complexity index is 1920. The van der Waals surface area contributed by atoms with Crippen LogP contribution in [0.25, 0.3) is 22.4 Å². The van der Waals surface area contributed by atoms with Crippen molar-refractivity contribution in [3.8, 4) is 22.8 Å². The van der Waals surface area contributed by atoms with Gasteiger partial charge in [-0.2, -0.15) is 0 Å². The third-order valence-electron chi connectivity index (χ3n) is 8.10. The van der Waals surface area contributed by atoms with Crippen LogP contribution in [0.4, 0.5) is 33.9 Å². The lowest BCUT2D eigenvalue weighted by Gasteiger charge is -2.44. The number of ether oxygens (including phenoxy) is 2. The van der Waals surface area contributed by atoms with Crippen LogP contribution in [0.2, 0.25) is 0 Å². The quantitative estimate of drug-likeness (QED) is 0.188. The van der Waals surface area contributed by atoms with Crippen molar-refractivity contribution in [3.05, 3.63) is 84.6 Å². The molecule has 6 rings (SSSR count). The highest BCUT2D eigenvalue weighted by molar-refractivity contribution is 5.94. The van der Waals surface area contributed by atoms with Gasteiger partial charge in [0.2, 0.25) is 0 Å². The fourth-order valence-corrected chi connectivity index (χ4v) is 5.76. The zero-order valence-corrected chi connectivity index (χ0v) is 25.5. The van der Waals surface area contributed by atoms with E-state index in [0.29, 0.717) is 35.6 Å². The Morgan fingerprint density at radius 2 is 1.85 bits per heavy atom. The van der Waals surface area contributed by atoms with Crippen molar-refractivity contribution in [1.29, 1.82) is 0 Å². The second-order valence-electron chi connectivity index (χ2n) is 11.3. The highest BCUT2D eigenvalue weighted by atomic mass is 19.3. The van der Waals surface area contributed by atoms with Crippen LogP contribution in [0.1, 0.15) is 18.4 Å². The number of para-hydroxylation sites is 1. The summed E-state index contributed by atoms with van der Waals surface area (Å²) in [6, 6.07) is 12.2. The van der Waals surface area contributed by atoms with E-state index in [1.54, 1.807) is 45.9 Å². The number of fused-ring (bicyclic) bond motifs is 1. The predicted molar refractivity (Wildman–Crippen MR) is 167 cm³/mol. The zero-order valence-electron chi connectivity index (χ0n) is 25.5. The van der Waals surface area contributed by atoms with E-state index >= 15 is 0 Å². The number of nitrogens with one attached hydrogen (secondary N) is 1. The zero-order chi connectivity index (χ0) is 34.0.